The summed E-state index contributed by atoms with van der Waals surface area (Å²) in [7, 11) is 3.85. The first-order valence-electron chi connectivity index (χ1n) is 14.3. The van der Waals surface area contributed by atoms with E-state index in [-0.39, 0.29) is 38.9 Å². The summed E-state index contributed by atoms with van der Waals surface area (Å²) in [4.78, 5) is 16.9. The van der Waals surface area contributed by atoms with E-state index in [4.69, 9.17) is 10.3 Å². The van der Waals surface area contributed by atoms with Crippen LogP contribution in [0.3, 0.4) is 0 Å². The van der Waals surface area contributed by atoms with Gasteiger partial charge in [-0.05, 0) is 62.6 Å². The standard InChI is InChI=1S/C34H30F3N5O3/c1-15-13-33(3,4)41(7)21-11-23-19(9-17(15)21)25(26-27(32(43)44)28(35)30(37)31(29(26)36)39-40-38)20-10-18-16(2)14-34(5,6)42(8)22(18)12-24(20)45-23/h9-14H,1-8H3. The van der Waals surface area contributed by atoms with Gasteiger partial charge in [0, 0.05) is 76.2 Å². The minimum atomic E-state index is -2.14. The van der Waals surface area contributed by atoms with Gasteiger partial charge in [0.2, 0.25) is 5.36 Å². The average Bonchev–Trinajstić information content (AvgIpc) is 2.96. The minimum Gasteiger partial charge on any atom is -0.545 e. The largest absolute Gasteiger partial charge is 0.545 e. The monoisotopic (exact) mass is 613 g/mol. The second-order valence-electron chi connectivity index (χ2n) is 12.8. The number of likely N-dealkylation sites (N-methyl/N-ethyl adjacent to an activating group) is 2. The highest BCUT2D eigenvalue weighted by Gasteiger charge is 2.37. The number of nitrogens with zero attached hydrogens (tertiary/aromatic N) is 5. The third-order valence-corrected chi connectivity index (χ3v) is 9.29. The zero-order valence-electron chi connectivity index (χ0n) is 26.1. The second-order valence-corrected chi connectivity index (χ2v) is 12.8. The SMILES string of the molecule is CC1=CC(C)(C)N(C)c2cc3c(cc21)C(c1c(F)c(N=[N+]=[N-])c(F)c(F)c1C(=O)[O-])=c1cc2c(cc1O3)=[N+](C)C(C)(C)C=C2C. The van der Waals surface area contributed by atoms with Crippen LogP contribution in [0.4, 0.5) is 24.5 Å². The summed E-state index contributed by atoms with van der Waals surface area (Å²) >= 11 is 0. The normalized spacial score (nSPS) is 17.2. The number of carboxylic acid groups (broad SMARTS) is 1. The van der Waals surface area contributed by atoms with Crippen LogP contribution in [-0.4, -0.2) is 31.1 Å². The van der Waals surface area contributed by atoms with Gasteiger partial charge in [0.15, 0.2) is 17.2 Å². The lowest BCUT2D eigenvalue weighted by Crippen LogP contribution is -2.47. The van der Waals surface area contributed by atoms with Gasteiger partial charge < -0.3 is 19.5 Å². The third kappa shape index (κ3) is 4.25. The van der Waals surface area contributed by atoms with Crippen LogP contribution in [0, 0.1) is 17.5 Å². The molecule has 0 radical (unpaired) electrons. The van der Waals surface area contributed by atoms with Gasteiger partial charge in [0.05, 0.1) is 17.6 Å². The van der Waals surface area contributed by atoms with Gasteiger partial charge in [-0.1, -0.05) is 11.2 Å². The fourth-order valence-electron chi connectivity index (χ4n) is 6.65. The Kier molecular flexibility index (Phi) is 6.50. The zero-order valence-corrected chi connectivity index (χ0v) is 26.1. The summed E-state index contributed by atoms with van der Waals surface area (Å²) in [6.07, 6.45) is 4.12. The number of hydrogen-bond donors (Lipinski definition) is 0. The van der Waals surface area contributed by atoms with Crippen LogP contribution in [0.1, 0.15) is 74.2 Å². The summed E-state index contributed by atoms with van der Waals surface area (Å²) in [6.45, 7) is 12.0. The van der Waals surface area contributed by atoms with Crippen molar-refractivity contribution in [3.05, 3.63) is 103 Å². The molecule has 3 aromatic carbocycles. The number of ether oxygens (including phenoxy) is 1. The molecule has 0 N–H and O–H groups in total. The number of carbonyl (C=O) groups is 1. The number of rotatable bonds is 3. The molecule has 0 atom stereocenters. The number of anilines is 1. The van der Waals surface area contributed by atoms with Crippen molar-refractivity contribution in [1.29, 1.82) is 0 Å². The van der Waals surface area contributed by atoms with Crippen molar-refractivity contribution in [3.63, 3.8) is 0 Å². The van der Waals surface area contributed by atoms with E-state index in [1.165, 1.54) is 0 Å². The highest BCUT2D eigenvalue weighted by molar-refractivity contribution is 6.00. The van der Waals surface area contributed by atoms with E-state index in [9.17, 15) is 14.3 Å². The Balaban J connectivity index is 1.86. The van der Waals surface area contributed by atoms with Gasteiger partial charge in [-0.15, -0.1) is 0 Å². The van der Waals surface area contributed by atoms with Crippen LogP contribution in [0.5, 0.6) is 11.5 Å². The first-order valence-corrected chi connectivity index (χ1v) is 14.3. The average molecular weight is 614 g/mol. The molecule has 0 amide bonds. The lowest BCUT2D eigenvalue weighted by atomic mass is 9.83. The molecule has 0 saturated heterocycles. The molecule has 6 rings (SSSR count). The minimum absolute atomic E-state index is 0.0672. The summed E-state index contributed by atoms with van der Waals surface area (Å²) in [5, 5.41) is 16.5. The maximum atomic E-state index is 16.4. The predicted octanol–water partition coefficient (Wildman–Crippen LogP) is 5.71. The fraction of sp³-hybridized carbons (Fsp3) is 0.294. The van der Waals surface area contributed by atoms with Crippen LogP contribution < -0.4 is 29.9 Å². The number of carbonyl (C=O) groups excluding carboxylic acids is 1. The van der Waals surface area contributed by atoms with Crippen molar-refractivity contribution in [2.24, 2.45) is 5.11 Å². The number of allylic oxidation sites excluding steroid dienone is 2. The van der Waals surface area contributed by atoms with Crippen molar-refractivity contribution in [1.82, 2.24) is 4.58 Å². The van der Waals surface area contributed by atoms with Gasteiger partial charge in [-0.2, -0.15) is 0 Å². The van der Waals surface area contributed by atoms with E-state index in [2.05, 4.69) is 31.7 Å². The molecule has 3 heterocycles. The molecule has 0 unspecified atom stereocenters. The smallest absolute Gasteiger partial charge is 0.211 e. The predicted molar refractivity (Wildman–Crippen MR) is 164 cm³/mol. The summed E-state index contributed by atoms with van der Waals surface area (Å²) in [5.41, 5.74) is 9.17. The first-order chi connectivity index (χ1) is 21.0. The molecular formula is C34H30F3N5O3. The molecule has 3 aromatic rings. The van der Waals surface area contributed by atoms with Crippen LogP contribution in [0.2, 0.25) is 0 Å². The van der Waals surface area contributed by atoms with Crippen molar-refractivity contribution in [3.8, 4) is 11.5 Å². The molecule has 0 aliphatic carbocycles. The molecule has 0 saturated carbocycles. The van der Waals surface area contributed by atoms with Crippen LogP contribution in [-0.2, 0) is 0 Å². The molecule has 0 spiro atoms. The molecular weight excluding hydrogens is 583 g/mol. The second kappa shape index (κ2) is 9.74. The topological polar surface area (TPSA) is 104 Å². The highest BCUT2D eigenvalue weighted by Crippen LogP contribution is 2.47. The summed E-state index contributed by atoms with van der Waals surface area (Å²) in [5.74, 6) is -7.01. The molecule has 11 heteroatoms. The van der Waals surface area contributed by atoms with E-state index in [0.29, 0.717) is 0 Å². The lowest BCUT2D eigenvalue weighted by molar-refractivity contribution is -0.255. The van der Waals surface area contributed by atoms with Gasteiger partial charge in [-0.3, -0.25) is 0 Å². The third-order valence-electron chi connectivity index (χ3n) is 9.29. The van der Waals surface area contributed by atoms with Gasteiger partial charge in [0.25, 0.3) is 0 Å². The number of fused-ring (bicyclic) bond motifs is 4. The Morgan fingerprint density at radius 1 is 0.956 bits per heavy atom. The Morgan fingerprint density at radius 2 is 1.62 bits per heavy atom. The molecule has 230 valence electrons. The van der Waals surface area contributed by atoms with E-state index < -0.39 is 40.2 Å². The number of aromatic carboxylic acids is 1. The van der Waals surface area contributed by atoms with Crippen molar-refractivity contribution < 1.29 is 27.8 Å². The van der Waals surface area contributed by atoms with Gasteiger partial charge in [0.1, 0.15) is 30.1 Å². The molecule has 45 heavy (non-hydrogen) atoms. The van der Waals surface area contributed by atoms with Gasteiger partial charge in [-0.25, -0.2) is 17.7 Å². The van der Waals surface area contributed by atoms with Crippen LogP contribution in [0.25, 0.3) is 27.2 Å². The van der Waals surface area contributed by atoms with Crippen LogP contribution in [0.15, 0.2) is 41.5 Å². The number of benzene rings is 3. The van der Waals surface area contributed by atoms with Crippen molar-refractivity contribution in [2.75, 3.05) is 19.0 Å². The number of azide groups is 1. The summed E-state index contributed by atoms with van der Waals surface area (Å²) < 4.78 is 55.4. The van der Waals surface area contributed by atoms with E-state index >= 15 is 8.78 Å². The van der Waals surface area contributed by atoms with E-state index in [1.54, 1.807) is 24.3 Å². The fourth-order valence-corrected chi connectivity index (χ4v) is 6.65. The number of hydrogen-bond acceptors (Lipinski definition) is 5. The Hall–Kier alpha value is -5.02. The highest BCUT2D eigenvalue weighted by atomic mass is 19.2. The molecule has 8 nitrogen and oxygen atoms in total. The molecule has 0 fully saturated rings. The maximum absolute atomic E-state index is 16.4. The van der Waals surface area contributed by atoms with Crippen molar-refractivity contribution >= 4 is 34.1 Å². The lowest BCUT2D eigenvalue weighted by Gasteiger charge is -2.41. The number of carboxylic acids is 1. The molecule has 3 aliphatic rings. The summed E-state index contributed by atoms with van der Waals surface area (Å²) in [6, 6.07) is 7.00. The first kappa shape index (κ1) is 30.0. The Morgan fingerprint density at radius 3 is 2.27 bits per heavy atom. The molecule has 3 aliphatic heterocycles. The van der Waals surface area contributed by atoms with Crippen molar-refractivity contribution in [2.45, 2.75) is 52.6 Å². The Labute approximate surface area is 257 Å². The zero-order chi connectivity index (χ0) is 32.9. The number of halogens is 3. The van der Waals surface area contributed by atoms with E-state index in [1.807, 2.05) is 55.6 Å². The van der Waals surface area contributed by atoms with Gasteiger partial charge >= 0.3 is 0 Å². The molecule has 0 bridgehead atoms. The molecule has 0 aromatic heterocycles. The Bertz CT molecular complexity index is 2160. The maximum Gasteiger partial charge on any atom is 0.211 e. The quantitative estimate of drug-likeness (QED) is 0.0971. The van der Waals surface area contributed by atoms with Crippen LogP contribution >= 0.6 is 0 Å². The van der Waals surface area contributed by atoms with E-state index in [0.717, 1.165) is 33.3 Å².